The van der Waals surface area contributed by atoms with Crippen LogP contribution in [0.15, 0.2) is 21.8 Å². The summed E-state index contributed by atoms with van der Waals surface area (Å²) in [6.07, 6.45) is 0.000917. The molecule has 0 spiro atoms. The largest absolute Gasteiger partial charge is 0.477 e. The van der Waals surface area contributed by atoms with E-state index in [2.05, 4.69) is 25.8 Å². The number of fused-ring (bicyclic) bond motifs is 1. The number of carboxylic acids is 1. The summed E-state index contributed by atoms with van der Waals surface area (Å²) in [6, 6.07) is -0.782. The fraction of sp³-hybridized carbons (Fsp3) is 0.500. The van der Waals surface area contributed by atoms with Gasteiger partial charge in [0.25, 0.3) is 5.91 Å². The Kier molecular flexibility index (Phi) is 7.39. The maximum Gasteiger partial charge on any atom is 0.352 e. The van der Waals surface area contributed by atoms with E-state index >= 15 is 0 Å². The minimum atomic E-state index is -1.18. The van der Waals surface area contributed by atoms with Crippen LogP contribution in [0.1, 0.15) is 5.69 Å². The summed E-state index contributed by atoms with van der Waals surface area (Å²) in [7, 11) is 3.90. The zero-order valence-corrected chi connectivity index (χ0v) is 20.8. The van der Waals surface area contributed by atoms with Gasteiger partial charge in [0.1, 0.15) is 17.1 Å². The molecule has 0 aliphatic carbocycles. The quantitative estimate of drug-likeness (QED) is 0.202. The lowest BCUT2D eigenvalue weighted by Gasteiger charge is -2.49. The lowest BCUT2D eigenvalue weighted by Crippen LogP contribution is -2.70. The number of likely N-dealkylation sites (N-methyl/N-ethyl adjacent to an activating group) is 1. The van der Waals surface area contributed by atoms with Gasteiger partial charge in [-0.15, -0.1) is 28.2 Å². The predicted octanol–water partition coefficient (Wildman–Crippen LogP) is -0.653. The Labute approximate surface area is 207 Å². The molecule has 182 valence electrons. The Morgan fingerprint density at radius 3 is 2.88 bits per heavy atom. The van der Waals surface area contributed by atoms with Crippen molar-refractivity contribution < 1.29 is 19.5 Å². The molecule has 1 fully saturated rings. The number of nitrogens with one attached hydrogen (secondary N) is 1. The van der Waals surface area contributed by atoms with E-state index in [0.29, 0.717) is 39.6 Å². The number of amides is 2. The van der Waals surface area contributed by atoms with Crippen molar-refractivity contribution in [3.8, 4) is 0 Å². The molecule has 13 nitrogen and oxygen atoms in total. The Hall–Kier alpha value is -2.69. The Morgan fingerprint density at radius 2 is 2.21 bits per heavy atom. The first kappa shape index (κ1) is 24.4. The van der Waals surface area contributed by atoms with Crippen molar-refractivity contribution in [2.75, 3.05) is 37.9 Å². The first-order valence-corrected chi connectivity index (χ1v) is 13.1. The number of carboxylic acid groups (broad SMARTS) is 1. The van der Waals surface area contributed by atoms with Crippen molar-refractivity contribution in [3.05, 3.63) is 22.3 Å². The molecule has 4 N–H and O–H groups in total. The first-order valence-electron chi connectivity index (χ1n) is 10.2. The van der Waals surface area contributed by atoms with E-state index in [9.17, 15) is 19.5 Å². The van der Waals surface area contributed by atoms with Crippen LogP contribution in [0, 0.1) is 0 Å². The molecular weight excluding hydrogens is 505 g/mol. The summed E-state index contributed by atoms with van der Waals surface area (Å²) >= 11 is 3.98. The number of aliphatic carboxylic acids is 1. The highest BCUT2D eigenvalue weighted by atomic mass is 32.2. The van der Waals surface area contributed by atoms with E-state index in [-0.39, 0.29) is 18.0 Å². The number of hydrogen-bond donors (Lipinski definition) is 3. The number of anilines is 1. The van der Waals surface area contributed by atoms with Crippen LogP contribution in [0.5, 0.6) is 0 Å². The van der Waals surface area contributed by atoms with Crippen LogP contribution < -0.4 is 11.1 Å². The van der Waals surface area contributed by atoms with Gasteiger partial charge in [-0.2, -0.15) is 0 Å². The molecule has 0 unspecified atom stereocenters. The van der Waals surface area contributed by atoms with Crippen molar-refractivity contribution >= 4 is 57.8 Å². The number of β-lactam (4-membered cyclic amide) rings is 1. The summed E-state index contributed by atoms with van der Waals surface area (Å²) in [5.74, 6) is -1.24. The van der Waals surface area contributed by atoms with Crippen LogP contribution in [0.2, 0.25) is 0 Å². The van der Waals surface area contributed by atoms with Gasteiger partial charge in [0.2, 0.25) is 11.1 Å². The van der Waals surface area contributed by atoms with E-state index in [1.54, 1.807) is 10.1 Å². The number of nitrogen functional groups attached to an aromatic ring is 1. The van der Waals surface area contributed by atoms with Gasteiger partial charge in [-0.1, -0.05) is 11.8 Å². The monoisotopic (exact) mass is 528 g/mol. The molecule has 2 aliphatic heterocycles. The van der Waals surface area contributed by atoms with E-state index < -0.39 is 23.3 Å². The Morgan fingerprint density at radius 1 is 1.41 bits per heavy atom. The zero-order chi connectivity index (χ0) is 24.4. The molecule has 4 rings (SSSR count). The topological polar surface area (TPSA) is 172 Å². The third kappa shape index (κ3) is 5.18. The van der Waals surface area contributed by atoms with Crippen LogP contribution in [-0.4, -0.2) is 101 Å². The highest BCUT2D eigenvalue weighted by Crippen LogP contribution is 2.41. The fourth-order valence-electron chi connectivity index (χ4n) is 3.47. The van der Waals surface area contributed by atoms with Gasteiger partial charge >= 0.3 is 5.97 Å². The van der Waals surface area contributed by atoms with Gasteiger partial charge in [0.05, 0.1) is 18.7 Å². The number of carbonyl (C=O) groups excluding carboxylic acids is 2. The molecule has 16 heteroatoms. The van der Waals surface area contributed by atoms with Gasteiger partial charge in [-0.25, -0.2) is 14.5 Å². The molecule has 2 aliphatic rings. The zero-order valence-electron chi connectivity index (χ0n) is 18.4. The number of aromatic nitrogens is 5. The number of thiazole rings is 1. The molecular formula is C18H23N9O4S3. The molecule has 0 saturated carbocycles. The molecule has 0 bridgehead atoms. The summed E-state index contributed by atoms with van der Waals surface area (Å²) in [5, 5.41) is 26.4. The van der Waals surface area contributed by atoms with Crippen molar-refractivity contribution in [1.29, 1.82) is 0 Å². The summed E-state index contributed by atoms with van der Waals surface area (Å²) in [5.41, 5.74) is 6.68. The molecule has 4 heterocycles. The molecule has 2 amide bonds. The number of carbonyl (C=O) groups is 3. The second-order valence-corrected chi connectivity index (χ2v) is 10.8. The van der Waals surface area contributed by atoms with Crippen molar-refractivity contribution in [1.82, 2.24) is 40.3 Å². The maximum absolute atomic E-state index is 12.8. The highest BCUT2D eigenvalue weighted by molar-refractivity contribution is 8.01. The SMILES string of the molecule is CN(C)CCn1nnnc1SCC1=C(C(=O)O)N2C(=O)[C@@H](NC(=O)Cc3cs[13c]([15NH2])[15n]3)[C@H]2SC1. The van der Waals surface area contributed by atoms with Gasteiger partial charge in [-0.05, 0) is 30.1 Å². The summed E-state index contributed by atoms with van der Waals surface area (Å²) < 4.78 is 1.67. The second kappa shape index (κ2) is 10.3. The van der Waals surface area contributed by atoms with Gasteiger partial charge in [-0.3, -0.25) is 14.5 Å². The molecule has 0 aromatic carbocycles. The fourth-order valence-corrected chi connectivity index (χ4v) is 6.42. The molecule has 1 saturated heterocycles. The van der Waals surface area contributed by atoms with Crippen LogP contribution in [0.4, 0.5) is 5.13 Å². The molecule has 2 aromatic rings. The van der Waals surface area contributed by atoms with Gasteiger partial charge in [0, 0.05) is 23.4 Å². The lowest BCUT2D eigenvalue weighted by atomic mass is 10.0. The second-order valence-electron chi connectivity index (χ2n) is 7.84. The minimum absolute atomic E-state index is 0.000917. The van der Waals surface area contributed by atoms with E-state index in [1.165, 1.54) is 39.8 Å². The van der Waals surface area contributed by atoms with Gasteiger partial charge in [0.15, 0.2) is 5.13 Å². The third-order valence-corrected chi connectivity index (χ3v) is 8.22. The standard InChI is InChI=1S/C18H23N9O4S3/c1-25(2)3-4-26-18(22-23-24-26)34-7-9-6-32-15-12(14(29)27(15)13(9)16(30)31)21-11(28)5-10-8-33-17(19)20-10/h8,12,15H,3-7H2,1-2H3,(H2,19,20)(H,21,28)(H,30,31)/t12-,15-/m1/s1/i17+1,19+1,20+1. The van der Waals surface area contributed by atoms with Crippen molar-refractivity contribution in [3.63, 3.8) is 0 Å². The van der Waals surface area contributed by atoms with Crippen LogP contribution in [-0.2, 0) is 27.3 Å². The Balaban J connectivity index is 1.41. The number of rotatable bonds is 10. The Bertz CT molecular complexity index is 1130. The van der Waals surface area contributed by atoms with E-state index in [1.807, 2.05) is 19.0 Å². The predicted molar refractivity (Wildman–Crippen MR) is 127 cm³/mol. The van der Waals surface area contributed by atoms with Crippen LogP contribution in [0.25, 0.3) is 0 Å². The van der Waals surface area contributed by atoms with E-state index in [0.717, 1.165) is 6.54 Å². The highest BCUT2D eigenvalue weighted by Gasteiger charge is 2.54. The molecule has 2 aromatic heterocycles. The smallest absolute Gasteiger partial charge is 0.352 e. The van der Waals surface area contributed by atoms with E-state index in [4.69, 9.17) is 5.73 Å². The van der Waals surface area contributed by atoms with Crippen molar-refractivity contribution in [2.45, 2.75) is 29.5 Å². The average molecular weight is 529 g/mol. The van der Waals surface area contributed by atoms with Crippen LogP contribution in [0.3, 0.4) is 0 Å². The number of nitrogens with zero attached hydrogens (tertiary/aromatic N) is 7. The maximum atomic E-state index is 12.8. The normalized spacial score (nSPS) is 19.9. The number of tetrazole rings is 1. The molecule has 2 atom stereocenters. The summed E-state index contributed by atoms with van der Waals surface area (Å²) in [6.45, 7) is 1.36. The average Bonchev–Trinajstić information content (AvgIpc) is 3.41. The lowest BCUT2D eigenvalue weighted by molar-refractivity contribution is -0.150. The van der Waals surface area contributed by atoms with Crippen molar-refractivity contribution in [2.24, 2.45) is 0 Å². The molecule has 34 heavy (non-hydrogen) atoms. The van der Waals surface area contributed by atoms with Crippen LogP contribution >= 0.6 is 34.9 Å². The summed E-state index contributed by atoms with van der Waals surface area (Å²) in [4.78, 5) is 44.5. The van der Waals surface area contributed by atoms with Gasteiger partial charge < -0.3 is 21.1 Å². The molecule has 0 radical (unpaired) electrons. The minimum Gasteiger partial charge on any atom is -0.477 e. The number of hydrogen-bond acceptors (Lipinski definition) is 12. The third-order valence-electron chi connectivity index (χ3n) is 5.11. The number of thioether (sulfide) groups is 2. The number of nitrogens with two attached hydrogens (primary N) is 1. The first-order chi connectivity index (χ1) is 16.2.